The van der Waals surface area contributed by atoms with Crippen LogP contribution in [0.1, 0.15) is 43.0 Å². The molecule has 160 valence electrons. The zero-order chi connectivity index (χ0) is 22.1. The van der Waals surface area contributed by atoms with E-state index >= 15 is 0 Å². The molecule has 0 aliphatic carbocycles. The monoisotopic (exact) mass is 416 g/mol. The largest absolute Gasteiger partial charge is 0.348 e. The number of carbonyl (C=O) groups excluding carboxylic acids is 2. The van der Waals surface area contributed by atoms with Crippen LogP contribution in [0.2, 0.25) is 0 Å². The lowest BCUT2D eigenvalue weighted by Gasteiger charge is -2.08. The first-order valence-electron chi connectivity index (χ1n) is 10.3. The van der Waals surface area contributed by atoms with Crippen molar-refractivity contribution >= 4 is 11.7 Å². The van der Waals surface area contributed by atoms with Gasteiger partial charge in [-0.3, -0.25) is 9.59 Å². The zero-order valence-electron chi connectivity index (χ0n) is 17.4. The van der Waals surface area contributed by atoms with Gasteiger partial charge in [0.15, 0.2) is 5.78 Å². The van der Waals surface area contributed by atoms with E-state index < -0.39 is 0 Å². The van der Waals surface area contributed by atoms with Gasteiger partial charge in [0.05, 0.1) is 6.54 Å². The van der Waals surface area contributed by atoms with Crippen LogP contribution < -0.4 is 22.1 Å². The molecule has 0 atom stereocenters. The van der Waals surface area contributed by atoms with Crippen LogP contribution in [0.4, 0.5) is 0 Å². The second-order valence-electron chi connectivity index (χ2n) is 7.33. The number of hydrogen-bond donors (Lipinski definition) is 4. The van der Waals surface area contributed by atoms with Crippen molar-refractivity contribution in [2.45, 2.75) is 26.2 Å². The lowest BCUT2D eigenvalue weighted by molar-refractivity contribution is 0.0947. The topological polar surface area (TPSA) is 110 Å². The lowest BCUT2D eigenvalue weighted by atomic mass is 10.1. The molecule has 3 aromatic rings. The fourth-order valence-corrected chi connectivity index (χ4v) is 3.25. The van der Waals surface area contributed by atoms with Crippen molar-refractivity contribution in [1.29, 1.82) is 0 Å². The second kappa shape index (κ2) is 11.2. The van der Waals surface area contributed by atoms with Crippen molar-refractivity contribution in [3.05, 3.63) is 106 Å². The van der Waals surface area contributed by atoms with Gasteiger partial charge in [-0.05, 0) is 34.4 Å². The van der Waals surface area contributed by atoms with E-state index in [1.165, 1.54) is 0 Å². The maximum atomic E-state index is 12.4. The highest BCUT2D eigenvalue weighted by Gasteiger charge is 2.09. The van der Waals surface area contributed by atoms with E-state index in [0.29, 0.717) is 37.3 Å². The quantitative estimate of drug-likeness (QED) is 0.380. The van der Waals surface area contributed by atoms with Crippen LogP contribution in [-0.2, 0) is 26.2 Å². The molecule has 0 saturated heterocycles. The average molecular weight is 417 g/mol. The van der Waals surface area contributed by atoms with Crippen LogP contribution in [-0.4, -0.2) is 18.2 Å². The van der Waals surface area contributed by atoms with Crippen LogP contribution >= 0.6 is 0 Å². The van der Waals surface area contributed by atoms with Gasteiger partial charge in [-0.15, -0.1) is 0 Å². The van der Waals surface area contributed by atoms with E-state index in [2.05, 4.69) is 10.6 Å². The maximum Gasteiger partial charge on any atom is 0.251 e. The number of rotatable bonds is 10. The number of Topliss-reactive ketones (excluding diaryl/α,β-unsaturated/α-hetero) is 1. The second-order valence-corrected chi connectivity index (χ2v) is 7.33. The fourth-order valence-electron chi connectivity index (χ4n) is 3.25. The highest BCUT2D eigenvalue weighted by atomic mass is 16.1. The first-order chi connectivity index (χ1) is 15.1. The highest BCUT2D eigenvalue weighted by molar-refractivity contribution is 5.99. The number of ketones is 1. The van der Waals surface area contributed by atoms with Crippen LogP contribution in [0.3, 0.4) is 0 Å². The minimum Gasteiger partial charge on any atom is -0.348 e. The molecule has 6 nitrogen and oxygen atoms in total. The Hall–Kier alpha value is -3.32. The third kappa shape index (κ3) is 6.58. The molecule has 0 bridgehead atoms. The standard InChI is InChI=1S/C25H28N4O2/c26-13-18-3-1-5-20(11-18)15-28-17-24(30)22-7-9-23(10-8-22)25(31)29-16-21-6-2-4-19(12-21)14-27/h1-12,28H,13-17,26-27H2,(H,29,31). The third-order valence-electron chi connectivity index (χ3n) is 4.99. The molecule has 0 aliphatic heterocycles. The molecule has 31 heavy (non-hydrogen) atoms. The summed E-state index contributed by atoms with van der Waals surface area (Å²) in [6, 6.07) is 22.5. The molecular formula is C25H28N4O2. The number of carbonyl (C=O) groups is 2. The maximum absolute atomic E-state index is 12.4. The van der Waals surface area contributed by atoms with Crippen LogP contribution in [0.5, 0.6) is 0 Å². The van der Waals surface area contributed by atoms with Crippen LogP contribution in [0.25, 0.3) is 0 Å². The van der Waals surface area contributed by atoms with Crippen molar-refractivity contribution in [1.82, 2.24) is 10.6 Å². The summed E-state index contributed by atoms with van der Waals surface area (Å²) in [5.41, 5.74) is 16.5. The fraction of sp³-hybridized carbons (Fsp3) is 0.200. The minimum absolute atomic E-state index is 0.0273. The van der Waals surface area contributed by atoms with Crippen molar-refractivity contribution in [3.8, 4) is 0 Å². The first kappa shape index (κ1) is 22.4. The molecule has 3 aromatic carbocycles. The summed E-state index contributed by atoms with van der Waals surface area (Å²) in [7, 11) is 0. The smallest absolute Gasteiger partial charge is 0.251 e. The SMILES string of the molecule is NCc1cccc(CNCC(=O)c2ccc(C(=O)NCc3cccc(CN)c3)cc2)c1. The van der Waals surface area contributed by atoms with Gasteiger partial charge in [0.2, 0.25) is 0 Å². The molecule has 0 heterocycles. The number of hydrogen-bond acceptors (Lipinski definition) is 5. The van der Waals surface area contributed by atoms with Gasteiger partial charge in [-0.2, -0.15) is 0 Å². The van der Waals surface area contributed by atoms with E-state index in [-0.39, 0.29) is 18.2 Å². The predicted octanol–water partition coefficient (Wildman–Crippen LogP) is 2.51. The van der Waals surface area contributed by atoms with Gasteiger partial charge >= 0.3 is 0 Å². The van der Waals surface area contributed by atoms with E-state index in [4.69, 9.17) is 11.5 Å². The van der Waals surface area contributed by atoms with E-state index in [1.807, 2.05) is 48.5 Å². The van der Waals surface area contributed by atoms with Gasteiger partial charge in [0, 0.05) is 37.3 Å². The predicted molar refractivity (Wildman–Crippen MR) is 122 cm³/mol. The van der Waals surface area contributed by atoms with Gasteiger partial charge in [-0.1, -0.05) is 60.7 Å². The van der Waals surface area contributed by atoms with Gasteiger partial charge in [-0.25, -0.2) is 0 Å². The first-order valence-corrected chi connectivity index (χ1v) is 10.3. The minimum atomic E-state index is -0.185. The molecule has 0 aromatic heterocycles. The molecule has 0 spiro atoms. The Morgan fingerprint density at radius 1 is 0.677 bits per heavy atom. The van der Waals surface area contributed by atoms with Crippen molar-refractivity contribution in [2.24, 2.45) is 11.5 Å². The van der Waals surface area contributed by atoms with Crippen molar-refractivity contribution in [3.63, 3.8) is 0 Å². The molecule has 0 aliphatic rings. The number of benzene rings is 3. The Bertz CT molecular complexity index is 1030. The lowest BCUT2D eigenvalue weighted by Crippen LogP contribution is -2.24. The summed E-state index contributed by atoms with van der Waals surface area (Å²) in [6.07, 6.45) is 0. The van der Waals surface area contributed by atoms with Gasteiger partial charge in [0.25, 0.3) is 5.91 Å². The van der Waals surface area contributed by atoms with E-state index in [0.717, 1.165) is 22.3 Å². The molecule has 1 amide bonds. The Kier molecular flexibility index (Phi) is 8.06. The molecule has 0 unspecified atom stereocenters. The average Bonchev–Trinajstić information content (AvgIpc) is 2.82. The Balaban J connectivity index is 1.49. The number of nitrogens with one attached hydrogen (secondary N) is 2. The molecule has 6 heteroatoms. The summed E-state index contributed by atoms with van der Waals surface area (Å²) in [5, 5.41) is 6.05. The van der Waals surface area contributed by atoms with Crippen molar-refractivity contribution < 1.29 is 9.59 Å². The van der Waals surface area contributed by atoms with Crippen molar-refractivity contribution in [2.75, 3.05) is 6.54 Å². The highest BCUT2D eigenvalue weighted by Crippen LogP contribution is 2.08. The number of nitrogens with two attached hydrogens (primary N) is 2. The molecule has 0 fully saturated rings. The summed E-state index contributed by atoms with van der Waals surface area (Å²) in [4.78, 5) is 24.8. The van der Waals surface area contributed by atoms with E-state index in [1.54, 1.807) is 24.3 Å². The zero-order valence-corrected chi connectivity index (χ0v) is 17.4. The summed E-state index contributed by atoms with van der Waals surface area (Å²) >= 11 is 0. The van der Waals surface area contributed by atoms with E-state index in [9.17, 15) is 9.59 Å². The van der Waals surface area contributed by atoms with Gasteiger partial charge < -0.3 is 22.1 Å². The van der Waals surface area contributed by atoms with Crippen LogP contribution in [0.15, 0.2) is 72.8 Å². The Morgan fingerprint density at radius 3 is 1.77 bits per heavy atom. The van der Waals surface area contributed by atoms with Crippen LogP contribution in [0, 0.1) is 0 Å². The molecule has 0 radical (unpaired) electrons. The number of amides is 1. The molecule has 0 saturated carbocycles. The molecule has 3 rings (SSSR count). The Morgan fingerprint density at radius 2 is 1.19 bits per heavy atom. The summed E-state index contributed by atoms with van der Waals surface area (Å²) in [5.74, 6) is -0.212. The third-order valence-corrected chi connectivity index (χ3v) is 4.99. The molecule has 6 N–H and O–H groups in total. The normalized spacial score (nSPS) is 10.6. The summed E-state index contributed by atoms with van der Waals surface area (Å²) in [6.45, 7) is 2.18. The molecular weight excluding hydrogens is 388 g/mol. The van der Waals surface area contributed by atoms with Gasteiger partial charge in [0.1, 0.15) is 0 Å². The summed E-state index contributed by atoms with van der Waals surface area (Å²) < 4.78 is 0. The Labute approximate surface area is 182 Å².